The van der Waals surface area contributed by atoms with E-state index in [2.05, 4.69) is 87.3 Å². The van der Waals surface area contributed by atoms with Crippen molar-refractivity contribution in [1.82, 2.24) is 9.97 Å². The molecule has 9 rings (SSSR count). The van der Waals surface area contributed by atoms with Gasteiger partial charge in [0.2, 0.25) is 5.88 Å². The average molecular weight is 858 g/mol. The monoisotopic (exact) mass is 857 g/mol. The molecule has 0 saturated heterocycles. The second-order valence-electron chi connectivity index (χ2n) is 14.3. The number of hydrogen-bond acceptors (Lipinski definition) is 5. The quantitative estimate of drug-likeness (QED) is 0.156. The predicted octanol–water partition coefficient (Wildman–Crippen LogP) is 12.6. The Morgan fingerprint density at radius 2 is 1.52 bits per heavy atom. The predicted molar refractivity (Wildman–Crippen MR) is 205 cm³/mol. The van der Waals surface area contributed by atoms with E-state index in [9.17, 15) is 0 Å². The van der Waals surface area contributed by atoms with Crippen LogP contribution in [-0.4, -0.2) is 9.97 Å². The molecule has 9 aromatic rings. The molecule has 0 amide bonds. The first kappa shape index (κ1) is 33.6. The Hall–Kier alpha value is -5.51. The summed E-state index contributed by atoms with van der Waals surface area (Å²) in [6.07, 6.45) is 2.72. The maximum Gasteiger partial charge on any atom is 2.00 e. The van der Waals surface area contributed by atoms with E-state index in [1.165, 1.54) is 5.56 Å². The molecule has 0 bridgehead atoms. The van der Waals surface area contributed by atoms with Gasteiger partial charge in [-0.05, 0) is 53.6 Å². The van der Waals surface area contributed by atoms with Gasteiger partial charge in [-0.25, -0.2) is 0 Å². The molecule has 5 aromatic carbocycles. The Morgan fingerprint density at radius 1 is 0.712 bits per heavy atom. The second kappa shape index (κ2) is 13.2. The van der Waals surface area contributed by atoms with Crippen molar-refractivity contribution in [3.05, 3.63) is 145 Å². The summed E-state index contributed by atoms with van der Waals surface area (Å²) in [5.74, 6) is 1.68. The first-order valence-corrected chi connectivity index (χ1v) is 17.2. The van der Waals surface area contributed by atoms with Crippen LogP contribution in [0.4, 0.5) is 0 Å². The van der Waals surface area contributed by atoms with Crippen LogP contribution in [0.15, 0.2) is 130 Å². The average Bonchev–Trinajstić information content (AvgIpc) is 3.68. The van der Waals surface area contributed by atoms with Gasteiger partial charge in [0.25, 0.3) is 0 Å². The summed E-state index contributed by atoms with van der Waals surface area (Å²) < 4.78 is 19.8. The number of ether oxygens (including phenoxy) is 1. The van der Waals surface area contributed by atoms with Crippen molar-refractivity contribution in [1.29, 1.82) is 0 Å². The van der Waals surface area contributed by atoms with Crippen molar-refractivity contribution in [3.63, 3.8) is 0 Å². The van der Waals surface area contributed by atoms with E-state index in [0.717, 1.165) is 83.8 Å². The van der Waals surface area contributed by atoms with Crippen molar-refractivity contribution in [2.45, 2.75) is 34.1 Å². The van der Waals surface area contributed by atoms with Crippen LogP contribution in [-0.2, 0) is 27.5 Å². The van der Waals surface area contributed by atoms with Gasteiger partial charge in [-0.2, -0.15) is 0 Å². The smallest absolute Gasteiger partial charge is 0.491 e. The number of para-hydroxylation sites is 1. The minimum atomic E-state index is 0. The van der Waals surface area contributed by atoms with Gasteiger partial charge in [-0.15, -0.1) is 41.3 Å². The number of fused-ring (bicyclic) bond motifs is 6. The third-order valence-corrected chi connectivity index (χ3v) is 9.26. The Bertz CT molecular complexity index is 2760. The van der Waals surface area contributed by atoms with Crippen LogP contribution in [0.5, 0.6) is 11.6 Å². The van der Waals surface area contributed by atoms with E-state index < -0.39 is 0 Å². The number of benzene rings is 5. The fourth-order valence-corrected chi connectivity index (χ4v) is 7.05. The van der Waals surface area contributed by atoms with Gasteiger partial charge in [-0.1, -0.05) is 105 Å². The summed E-state index contributed by atoms with van der Waals surface area (Å²) in [7, 11) is 0. The Morgan fingerprint density at radius 3 is 2.33 bits per heavy atom. The number of pyridine rings is 2. The first-order valence-electron chi connectivity index (χ1n) is 17.2. The third-order valence-electron chi connectivity index (χ3n) is 9.26. The van der Waals surface area contributed by atoms with Crippen LogP contribution in [0.25, 0.3) is 77.5 Å². The first-order chi connectivity index (χ1) is 24.8. The van der Waals surface area contributed by atoms with Crippen molar-refractivity contribution in [2.75, 3.05) is 0 Å². The molecule has 0 aliphatic rings. The summed E-state index contributed by atoms with van der Waals surface area (Å²) in [6, 6.07) is 45.6. The van der Waals surface area contributed by atoms with E-state index in [0.29, 0.717) is 17.3 Å². The zero-order chi connectivity index (χ0) is 34.7. The van der Waals surface area contributed by atoms with Gasteiger partial charge in [0.05, 0.1) is 5.58 Å². The molecule has 0 aliphatic carbocycles. The van der Waals surface area contributed by atoms with Gasteiger partial charge in [0.15, 0.2) is 0 Å². The molecule has 5 nitrogen and oxygen atoms in total. The summed E-state index contributed by atoms with van der Waals surface area (Å²) in [5, 5.41) is 5.24. The van der Waals surface area contributed by atoms with Crippen LogP contribution in [0.3, 0.4) is 0 Å². The van der Waals surface area contributed by atoms with Gasteiger partial charge < -0.3 is 18.6 Å². The maximum absolute atomic E-state index is 6.79. The van der Waals surface area contributed by atoms with Crippen molar-refractivity contribution in [2.24, 2.45) is 5.41 Å². The van der Waals surface area contributed by atoms with E-state index in [4.69, 9.17) is 18.6 Å². The molecule has 0 atom stereocenters. The molecule has 52 heavy (non-hydrogen) atoms. The molecule has 256 valence electrons. The van der Waals surface area contributed by atoms with E-state index in [1.54, 1.807) is 6.20 Å². The molecular weight excluding hydrogens is 824 g/mol. The normalized spacial score (nSPS) is 11.8. The standard InChI is InChI=1S/C46H34N2O3.Pt/c1-28-34-15-7-8-18-40(34)50-44(28)32-25-39(48-42(26-32)49-33-14-11-13-31(23-33)38-17-9-10-21-47-38)37-24-30-12-5-6-16-35(30)43-36-20-19-29(27-46(2,3)4)22-41(36)51-45(37)43;/h5-22,25-26H,27H2,1-4H3;/q-2;+2. The minimum Gasteiger partial charge on any atom is -0.491 e. The zero-order valence-corrected chi connectivity index (χ0v) is 31.5. The fraction of sp³-hybridized carbons (Fsp3) is 0.130. The van der Waals surface area contributed by atoms with Crippen LogP contribution in [0.1, 0.15) is 31.9 Å². The summed E-state index contributed by atoms with van der Waals surface area (Å²) in [5.41, 5.74) is 8.73. The van der Waals surface area contributed by atoms with Crippen LogP contribution < -0.4 is 4.74 Å². The molecule has 0 N–H and O–H groups in total. The minimum absolute atomic E-state index is 0. The topological polar surface area (TPSA) is 61.3 Å². The molecule has 0 unspecified atom stereocenters. The summed E-state index contributed by atoms with van der Waals surface area (Å²) in [6.45, 7) is 8.85. The van der Waals surface area contributed by atoms with E-state index in [1.807, 2.05) is 72.8 Å². The number of hydrogen-bond donors (Lipinski definition) is 0. The molecule has 0 saturated carbocycles. The maximum atomic E-state index is 6.79. The second-order valence-corrected chi connectivity index (χ2v) is 14.3. The fourth-order valence-electron chi connectivity index (χ4n) is 7.05. The van der Waals surface area contributed by atoms with E-state index >= 15 is 0 Å². The number of rotatable bonds is 6. The molecule has 4 heterocycles. The largest absolute Gasteiger partial charge is 2.00 e. The van der Waals surface area contributed by atoms with Crippen molar-refractivity contribution < 1.29 is 34.6 Å². The Balaban J connectivity index is 0.00000387. The molecule has 0 spiro atoms. The van der Waals surface area contributed by atoms with Gasteiger partial charge in [-0.3, -0.25) is 4.98 Å². The van der Waals surface area contributed by atoms with Crippen LogP contribution in [0.2, 0.25) is 0 Å². The Kier molecular flexibility index (Phi) is 8.56. The molecule has 0 fully saturated rings. The number of aryl methyl sites for hydroxylation is 1. The molecule has 0 aliphatic heterocycles. The summed E-state index contributed by atoms with van der Waals surface area (Å²) >= 11 is 0. The summed E-state index contributed by atoms with van der Waals surface area (Å²) in [4.78, 5) is 9.61. The van der Waals surface area contributed by atoms with Crippen LogP contribution in [0, 0.1) is 24.5 Å². The molecular formula is C46H34N2O3Pt. The number of aromatic nitrogens is 2. The van der Waals surface area contributed by atoms with Gasteiger partial charge >= 0.3 is 21.1 Å². The number of furan rings is 2. The molecule has 6 heteroatoms. The van der Waals surface area contributed by atoms with Crippen molar-refractivity contribution in [3.8, 4) is 45.5 Å². The SMILES string of the molecule is Cc1c(-c2cc(Oc3[c-]c(-c4ccccn4)ccc3)nc(-c3[c-]c4ccccc4c4c3oc3cc(CC(C)(C)C)ccc34)c2)oc2ccccc12.[Pt+2]. The molecule has 4 aromatic heterocycles. The molecule has 0 radical (unpaired) electrons. The van der Waals surface area contributed by atoms with Crippen LogP contribution >= 0.6 is 0 Å². The van der Waals surface area contributed by atoms with Gasteiger partial charge in [0.1, 0.15) is 16.9 Å². The number of nitrogens with zero attached hydrogens (tertiary/aromatic N) is 2. The zero-order valence-electron chi connectivity index (χ0n) is 29.2. The Labute approximate surface area is 316 Å². The third kappa shape index (κ3) is 6.20. The van der Waals surface area contributed by atoms with Crippen molar-refractivity contribution >= 4 is 43.7 Å². The van der Waals surface area contributed by atoms with E-state index in [-0.39, 0.29) is 26.5 Å². The van der Waals surface area contributed by atoms with Gasteiger partial charge in [0, 0.05) is 45.6 Å².